The van der Waals surface area contributed by atoms with Gasteiger partial charge in [-0.1, -0.05) is 6.07 Å². The van der Waals surface area contributed by atoms with Crippen LogP contribution in [0.2, 0.25) is 0 Å². The first-order valence-corrected chi connectivity index (χ1v) is 5.97. The normalized spacial score (nSPS) is 20.8. The van der Waals surface area contributed by atoms with Crippen LogP contribution in [0.15, 0.2) is 18.3 Å². The van der Waals surface area contributed by atoms with E-state index in [1.807, 2.05) is 0 Å². The topological polar surface area (TPSA) is 56.6 Å². The average Bonchev–Trinajstić information content (AvgIpc) is 2.77. The van der Waals surface area contributed by atoms with E-state index >= 15 is 0 Å². The summed E-state index contributed by atoms with van der Waals surface area (Å²) >= 11 is 0. The molecular formula is C11H14BF3N2O2. The molecule has 0 amide bonds. The van der Waals surface area contributed by atoms with Crippen molar-refractivity contribution >= 4 is 12.7 Å². The lowest BCUT2D eigenvalue weighted by molar-refractivity contribution is -0.170. The van der Waals surface area contributed by atoms with Gasteiger partial charge in [0, 0.05) is 19.3 Å². The fraction of sp³-hybridized carbons (Fsp3) is 0.545. The summed E-state index contributed by atoms with van der Waals surface area (Å²) in [7, 11) is -1.71. The summed E-state index contributed by atoms with van der Waals surface area (Å²) in [6.45, 7) is 0.534. The molecule has 1 saturated heterocycles. The molecule has 0 saturated carbocycles. The van der Waals surface area contributed by atoms with Crippen LogP contribution >= 0.6 is 0 Å². The van der Waals surface area contributed by atoms with E-state index in [1.54, 1.807) is 17.0 Å². The van der Waals surface area contributed by atoms with E-state index < -0.39 is 19.2 Å². The van der Waals surface area contributed by atoms with Gasteiger partial charge in [-0.05, 0) is 24.6 Å². The Morgan fingerprint density at radius 3 is 2.74 bits per heavy atom. The maximum Gasteiger partial charge on any atom is 0.508 e. The molecule has 1 aromatic rings. The summed E-state index contributed by atoms with van der Waals surface area (Å²) in [6.07, 6.45) is -2.66. The number of halogens is 3. The summed E-state index contributed by atoms with van der Waals surface area (Å²) in [6, 6.07) is 3.27. The summed E-state index contributed by atoms with van der Waals surface area (Å²) in [5.74, 6) is -1.30. The molecule has 104 valence electrons. The minimum absolute atomic E-state index is 0.0562. The molecule has 2 N–H and O–H groups in total. The molecule has 0 radical (unpaired) electrons. The van der Waals surface area contributed by atoms with Crippen molar-refractivity contribution in [2.24, 2.45) is 5.92 Å². The van der Waals surface area contributed by atoms with Gasteiger partial charge in [0.25, 0.3) is 0 Å². The minimum atomic E-state index is -4.16. The van der Waals surface area contributed by atoms with Crippen molar-refractivity contribution in [1.82, 2.24) is 9.88 Å². The van der Waals surface area contributed by atoms with Gasteiger partial charge in [-0.25, -0.2) is 0 Å². The van der Waals surface area contributed by atoms with Crippen LogP contribution in [-0.4, -0.2) is 46.3 Å². The molecule has 1 aliphatic rings. The number of rotatable bonds is 3. The molecule has 0 aromatic carbocycles. The lowest BCUT2D eigenvalue weighted by Gasteiger charge is -2.18. The second-order valence-corrected chi connectivity index (χ2v) is 4.68. The molecule has 1 aromatic heterocycles. The number of pyridine rings is 1. The van der Waals surface area contributed by atoms with E-state index in [4.69, 9.17) is 10.0 Å². The Hall–Kier alpha value is -1.12. The van der Waals surface area contributed by atoms with E-state index in [2.05, 4.69) is 4.98 Å². The second kappa shape index (κ2) is 5.48. The number of hydrogen-bond acceptors (Lipinski definition) is 4. The zero-order chi connectivity index (χ0) is 14.0. The molecule has 1 unspecified atom stereocenters. The Balaban J connectivity index is 2.04. The third-order valence-corrected chi connectivity index (χ3v) is 3.30. The maximum absolute atomic E-state index is 12.6. The van der Waals surface area contributed by atoms with Crippen LogP contribution in [-0.2, 0) is 6.54 Å². The number of aromatic nitrogens is 1. The molecule has 0 spiro atoms. The van der Waals surface area contributed by atoms with Crippen LogP contribution in [0.1, 0.15) is 12.0 Å². The lowest BCUT2D eigenvalue weighted by atomic mass is 9.82. The molecule has 2 rings (SSSR count). The Labute approximate surface area is 109 Å². The zero-order valence-electron chi connectivity index (χ0n) is 10.1. The predicted octanol–water partition coefficient (Wildman–Crippen LogP) is 0.146. The maximum atomic E-state index is 12.6. The third-order valence-electron chi connectivity index (χ3n) is 3.30. The first-order valence-electron chi connectivity index (χ1n) is 5.97. The monoisotopic (exact) mass is 274 g/mol. The Kier molecular flexibility index (Phi) is 4.12. The summed E-state index contributed by atoms with van der Waals surface area (Å²) < 4.78 is 37.7. The van der Waals surface area contributed by atoms with Crippen molar-refractivity contribution in [3.63, 3.8) is 0 Å². The van der Waals surface area contributed by atoms with E-state index in [0.29, 0.717) is 12.1 Å². The molecule has 2 heterocycles. The van der Waals surface area contributed by atoms with Gasteiger partial charge in [0.1, 0.15) is 0 Å². The fourth-order valence-electron chi connectivity index (χ4n) is 2.30. The highest BCUT2D eigenvalue weighted by atomic mass is 19.4. The molecule has 19 heavy (non-hydrogen) atoms. The van der Waals surface area contributed by atoms with Gasteiger partial charge in [0.2, 0.25) is 0 Å². The van der Waals surface area contributed by atoms with E-state index in [9.17, 15) is 13.2 Å². The van der Waals surface area contributed by atoms with E-state index in [-0.39, 0.29) is 25.1 Å². The van der Waals surface area contributed by atoms with Crippen LogP contribution in [0, 0.1) is 5.92 Å². The van der Waals surface area contributed by atoms with Gasteiger partial charge in [0.15, 0.2) is 0 Å². The predicted molar refractivity (Wildman–Crippen MR) is 63.5 cm³/mol. The van der Waals surface area contributed by atoms with Gasteiger partial charge >= 0.3 is 13.3 Å². The lowest BCUT2D eigenvalue weighted by Crippen LogP contribution is -2.38. The number of likely N-dealkylation sites (tertiary alicyclic amines) is 1. The Morgan fingerprint density at radius 1 is 1.42 bits per heavy atom. The van der Waals surface area contributed by atoms with Crippen molar-refractivity contribution in [3.8, 4) is 0 Å². The van der Waals surface area contributed by atoms with Crippen LogP contribution < -0.4 is 5.59 Å². The fourth-order valence-corrected chi connectivity index (χ4v) is 2.30. The second-order valence-electron chi connectivity index (χ2n) is 4.68. The van der Waals surface area contributed by atoms with Gasteiger partial charge < -0.3 is 10.0 Å². The Bertz CT molecular complexity index is 442. The summed E-state index contributed by atoms with van der Waals surface area (Å²) in [5.41, 5.74) is 0.637. The van der Waals surface area contributed by atoms with Crippen LogP contribution in [0.25, 0.3) is 0 Å². The highest BCUT2D eigenvalue weighted by Gasteiger charge is 2.43. The Morgan fingerprint density at radius 2 is 2.16 bits per heavy atom. The SMILES string of the molecule is OB(O)c1ncccc1CN1CCC(C(F)(F)F)C1. The number of nitrogens with zero attached hydrogens (tertiary/aromatic N) is 2. The number of hydrogen-bond donors (Lipinski definition) is 2. The highest BCUT2D eigenvalue weighted by molar-refractivity contribution is 6.58. The smallest absolute Gasteiger partial charge is 0.422 e. The first kappa shape index (κ1) is 14.3. The van der Waals surface area contributed by atoms with E-state index in [0.717, 1.165) is 0 Å². The van der Waals surface area contributed by atoms with Crippen LogP contribution in [0.3, 0.4) is 0 Å². The molecule has 1 fully saturated rings. The molecule has 1 aliphatic heterocycles. The minimum Gasteiger partial charge on any atom is -0.422 e. The zero-order valence-corrected chi connectivity index (χ0v) is 10.1. The van der Waals surface area contributed by atoms with Crippen molar-refractivity contribution in [3.05, 3.63) is 23.9 Å². The molecule has 8 heteroatoms. The molecule has 0 bridgehead atoms. The van der Waals surface area contributed by atoms with Gasteiger partial charge in [-0.15, -0.1) is 0 Å². The van der Waals surface area contributed by atoms with Crippen LogP contribution in [0.4, 0.5) is 13.2 Å². The quantitative estimate of drug-likeness (QED) is 0.770. The number of alkyl halides is 3. The molecular weight excluding hydrogens is 260 g/mol. The largest absolute Gasteiger partial charge is 0.508 e. The van der Waals surface area contributed by atoms with Crippen molar-refractivity contribution in [2.75, 3.05) is 13.1 Å². The molecule has 4 nitrogen and oxygen atoms in total. The van der Waals surface area contributed by atoms with E-state index in [1.165, 1.54) is 6.20 Å². The van der Waals surface area contributed by atoms with Gasteiger partial charge in [-0.3, -0.25) is 9.88 Å². The van der Waals surface area contributed by atoms with Crippen molar-refractivity contribution in [1.29, 1.82) is 0 Å². The highest BCUT2D eigenvalue weighted by Crippen LogP contribution is 2.33. The third kappa shape index (κ3) is 3.46. The van der Waals surface area contributed by atoms with Gasteiger partial charge in [-0.2, -0.15) is 13.2 Å². The molecule has 1 atom stereocenters. The van der Waals surface area contributed by atoms with Crippen LogP contribution in [0.5, 0.6) is 0 Å². The van der Waals surface area contributed by atoms with Crippen molar-refractivity contribution < 1.29 is 23.2 Å². The molecule has 0 aliphatic carbocycles. The van der Waals surface area contributed by atoms with Crippen molar-refractivity contribution in [2.45, 2.75) is 19.1 Å². The summed E-state index contributed by atoms with van der Waals surface area (Å²) in [4.78, 5) is 5.49. The van der Waals surface area contributed by atoms with Gasteiger partial charge in [0.05, 0.1) is 11.5 Å². The first-order chi connectivity index (χ1) is 8.88. The summed E-state index contributed by atoms with van der Waals surface area (Å²) in [5, 5.41) is 18.3. The average molecular weight is 274 g/mol. The standard InChI is InChI=1S/C11H14BF3N2O2/c13-11(14,15)9-3-5-17(7-9)6-8-2-1-4-16-10(8)12(18)19/h1-2,4,9,18-19H,3,5-7H2.